The molecule has 24 heavy (non-hydrogen) atoms. The van der Waals surface area contributed by atoms with Gasteiger partial charge in [0.05, 0.1) is 19.3 Å². The summed E-state index contributed by atoms with van der Waals surface area (Å²) in [6.07, 6.45) is 6.27. The van der Waals surface area contributed by atoms with E-state index in [9.17, 15) is 0 Å². The summed E-state index contributed by atoms with van der Waals surface area (Å²) < 4.78 is 12.4. The second-order valence-electron chi connectivity index (χ2n) is 7.61. The molecule has 5 nitrogen and oxygen atoms in total. The number of nitrogens with zero attached hydrogens (tertiary/aromatic N) is 3. The number of ether oxygens (including phenoxy) is 2. The average Bonchev–Trinajstić information content (AvgIpc) is 2.83. The van der Waals surface area contributed by atoms with Crippen LogP contribution in [-0.4, -0.2) is 72.4 Å². The molecule has 1 aromatic heterocycles. The Kier molecular flexibility index (Phi) is 5.87. The molecule has 134 valence electrons. The van der Waals surface area contributed by atoms with E-state index in [1.807, 2.05) is 12.4 Å². The molecule has 1 aromatic rings. The summed E-state index contributed by atoms with van der Waals surface area (Å²) in [5.41, 5.74) is 1.17. The average molecular weight is 333 g/mol. The first kappa shape index (κ1) is 17.8. The molecule has 2 aliphatic heterocycles. The van der Waals surface area contributed by atoms with Crippen LogP contribution in [0.2, 0.25) is 0 Å². The Morgan fingerprint density at radius 1 is 1.38 bits per heavy atom. The van der Waals surface area contributed by atoms with Gasteiger partial charge in [0.1, 0.15) is 5.60 Å². The minimum Gasteiger partial charge on any atom is -0.377 e. The Labute approximate surface area is 145 Å². The minimum atomic E-state index is -0.133. The lowest BCUT2D eigenvalue weighted by atomic mass is 9.99. The molecule has 2 saturated heterocycles. The number of rotatable bonds is 5. The highest BCUT2D eigenvalue weighted by Gasteiger charge is 2.43. The van der Waals surface area contributed by atoms with E-state index < -0.39 is 0 Å². The predicted octanol–water partition coefficient (Wildman–Crippen LogP) is 2.17. The standard InChI is InChI=1S/C19H31N3O2/c1-16(2)21(3)13-18-4-7-19(24-18)14-22(10-11-23-15-19)12-17-5-8-20-9-6-17/h5-6,8-9,16,18H,4,7,10-15H2,1-3H3. The van der Waals surface area contributed by atoms with E-state index in [1.165, 1.54) is 5.56 Å². The summed E-state index contributed by atoms with van der Waals surface area (Å²) in [4.78, 5) is 8.95. The van der Waals surface area contributed by atoms with Crippen molar-refractivity contribution in [1.29, 1.82) is 0 Å². The van der Waals surface area contributed by atoms with Crippen LogP contribution in [0.3, 0.4) is 0 Å². The van der Waals surface area contributed by atoms with E-state index in [1.54, 1.807) is 0 Å². The fourth-order valence-electron chi connectivity index (χ4n) is 3.64. The second kappa shape index (κ2) is 7.91. The van der Waals surface area contributed by atoms with Gasteiger partial charge in [0.25, 0.3) is 0 Å². The largest absolute Gasteiger partial charge is 0.377 e. The highest BCUT2D eigenvalue weighted by atomic mass is 16.6. The zero-order valence-electron chi connectivity index (χ0n) is 15.3. The van der Waals surface area contributed by atoms with Crippen LogP contribution in [0.4, 0.5) is 0 Å². The van der Waals surface area contributed by atoms with Crippen molar-refractivity contribution in [3.8, 4) is 0 Å². The van der Waals surface area contributed by atoms with Crippen LogP contribution in [0.1, 0.15) is 32.3 Å². The first-order chi connectivity index (χ1) is 11.6. The first-order valence-electron chi connectivity index (χ1n) is 9.13. The van der Waals surface area contributed by atoms with Crippen LogP contribution >= 0.6 is 0 Å². The van der Waals surface area contributed by atoms with Gasteiger partial charge >= 0.3 is 0 Å². The molecule has 3 heterocycles. The molecule has 3 rings (SSSR count). The molecule has 2 fully saturated rings. The molecule has 0 amide bonds. The second-order valence-corrected chi connectivity index (χ2v) is 7.61. The molecule has 0 bridgehead atoms. The van der Waals surface area contributed by atoms with Crippen molar-refractivity contribution >= 4 is 0 Å². The maximum Gasteiger partial charge on any atom is 0.105 e. The smallest absolute Gasteiger partial charge is 0.105 e. The van der Waals surface area contributed by atoms with Gasteiger partial charge in [-0.3, -0.25) is 9.88 Å². The summed E-state index contributed by atoms with van der Waals surface area (Å²) in [6, 6.07) is 4.74. The lowest BCUT2D eigenvalue weighted by Gasteiger charge is -2.33. The molecule has 0 aliphatic carbocycles. The van der Waals surface area contributed by atoms with Crippen molar-refractivity contribution in [3.63, 3.8) is 0 Å². The first-order valence-corrected chi connectivity index (χ1v) is 9.13. The monoisotopic (exact) mass is 333 g/mol. The van der Waals surface area contributed by atoms with Gasteiger partial charge in [-0.05, 0) is 51.4 Å². The third-order valence-corrected chi connectivity index (χ3v) is 5.30. The van der Waals surface area contributed by atoms with Crippen molar-refractivity contribution < 1.29 is 9.47 Å². The van der Waals surface area contributed by atoms with Crippen LogP contribution < -0.4 is 0 Å². The van der Waals surface area contributed by atoms with Gasteiger partial charge < -0.3 is 14.4 Å². The Morgan fingerprint density at radius 2 is 2.17 bits per heavy atom. The predicted molar refractivity (Wildman–Crippen MR) is 94.9 cm³/mol. The SMILES string of the molecule is CC(C)N(C)CC1CCC2(COCCN(Cc3ccncc3)C2)O1. The van der Waals surface area contributed by atoms with Gasteiger partial charge in [-0.1, -0.05) is 0 Å². The highest BCUT2D eigenvalue weighted by molar-refractivity contribution is 5.10. The van der Waals surface area contributed by atoms with Gasteiger partial charge in [-0.15, -0.1) is 0 Å². The Bertz CT molecular complexity index is 511. The Morgan fingerprint density at radius 3 is 2.92 bits per heavy atom. The zero-order chi connectivity index (χ0) is 17.0. The molecule has 2 atom stereocenters. The fourth-order valence-corrected chi connectivity index (χ4v) is 3.64. The number of likely N-dealkylation sites (N-methyl/N-ethyl adjacent to an activating group) is 1. The minimum absolute atomic E-state index is 0.133. The van der Waals surface area contributed by atoms with Crippen LogP contribution in [-0.2, 0) is 16.0 Å². The van der Waals surface area contributed by atoms with E-state index in [4.69, 9.17) is 9.47 Å². The van der Waals surface area contributed by atoms with Crippen LogP contribution in [0.15, 0.2) is 24.5 Å². The number of aromatic nitrogens is 1. The quantitative estimate of drug-likeness (QED) is 0.826. The molecule has 0 saturated carbocycles. The molecular formula is C19H31N3O2. The molecule has 1 spiro atoms. The van der Waals surface area contributed by atoms with Crippen molar-refractivity contribution in [1.82, 2.24) is 14.8 Å². The third kappa shape index (κ3) is 4.54. The topological polar surface area (TPSA) is 37.8 Å². The molecule has 5 heteroatoms. The molecule has 2 aliphatic rings. The molecule has 0 aromatic carbocycles. The van der Waals surface area contributed by atoms with Crippen LogP contribution in [0.5, 0.6) is 0 Å². The van der Waals surface area contributed by atoms with Gasteiger partial charge in [0, 0.05) is 44.6 Å². The zero-order valence-corrected chi connectivity index (χ0v) is 15.3. The lowest BCUT2D eigenvalue weighted by molar-refractivity contribution is -0.0924. The summed E-state index contributed by atoms with van der Waals surface area (Å²) in [7, 11) is 2.18. The van der Waals surface area contributed by atoms with E-state index in [0.29, 0.717) is 12.1 Å². The fraction of sp³-hybridized carbons (Fsp3) is 0.737. The van der Waals surface area contributed by atoms with E-state index in [2.05, 4.69) is 47.8 Å². The number of hydrogen-bond acceptors (Lipinski definition) is 5. The summed E-state index contributed by atoms with van der Waals surface area (Å²) in [5.74, 6) is 0. The highest BCUT2D eigenvalue weighted by Crippen LogP contribution is 2.33. The number of pyridine rings is 1. The van der Waals surface area contributed by atoms with E-state index in [-0.39, 0.29) is 5.60 Å². The molecule has 2 unspecified atom stereocenters. The normalized spacial score (nSPS) is 28.8. The Balaban J connectivity index is 1.60. The molecular weight excluding hydrogens is 302 g/mol. The Hall–Kier alpha value is -1.01. The summed E-state index contributed by atoms with van der Waals surface area (Å²) in [5, 5.41) is 0. The van der Waals surface area contributed by atoms with Gasteiger partial charge in [-0.2, -0.15) is 0 Å². The molecule has 0 radical (unpaired) electrons. The van der Waals surface area contributed by atoms with E-state index >= 15 is 0 Å². The lowest BCUT2D eigenvalue weighted by Crippen LogP contribution is -2.45. The van der Waals surface area contributed by atoms with Gasteiger partial charge in [-0.25, -0.2) is 0 Å². The third-order valence-electron chi connectivity index (χ3n) is 5.30. The molecule has 0 N–H and O–H groups in total. The van der Waals surface area contributed by atoms with Crippen LogP contribution in [0, 0.1) is 0 Å². The van der Waals surface area contributed by atoms with Crippen LogP contribution in [0.25, 0.3) is 0 Å². The van der Waals surface area contributed by atoms with Crippen molar-refractivity contribution in [2.45, 2.75) is 51.0 Å². The van der Waals surface area contributed by atoms with Crippen molar-refractivity contribution in [2.75, 3.05) is 39.9 Å². The number of hydrogen-bond donors (Lipinski definition) is 0. The summed E-state index contributed by atoms with van der Waals surface area (Å²) in [6.45, 7) is 9.83. The van der Waals surface area contributed by atoms with E-state index in [0.717, 1.165) is 52.2 Å². The van der Waals surface area contributed by atoms with Gasteiger partial charge in [0.15, 0.2) is 0 Å². The maximum absolute atomic E-state index is 6.54. The summed E-state index contributed by atoms with van der Waals surface area (Å²) >= 11 is 0. The van der Waals surface area contributed by atoms with Crippen molar-refractivity contribution in [2.24, 2.45) is 0 Å². The maximum atomic E-state index is 6.54. The van der Waals surface area contributed by atoms with Gasteiger partial charge in [0.2, 0.25) is 0 Å². The van der Waals surface area contributed by atoms with Crippen molar-refractivity contribution in [3.05, 3.63) is 30.1 Å².